The second-order valence-corrected chi connectivity index (χ2v) is 5.91. The van der Waals surface area contributed by atoms with E-state index in [-0.39, 0.29) is 0 Å². The molecule has 0 atom stereocenters. The van der Waals surface area contributed by atoms with Crippen molar-refractivity contribution in [3.8, 4) is 5.69 Å². The second kappa shape index (κ2) is 5.80. The van der Waals surface area contributed by atoms with Gasteiger partial charge in [0, 0.05) is 12.1 Å². The molecule has 0 saturated carbocycles. The van der Waals surface area contributed by atoms with Crippen LogP contribution in [0.4, 0.5) is 0 Å². The van der Waals surface area contributed by atoms with E-state index in [1.54, 1.807) is 0 Å². The van der Waals surface area contributed by atoms with E-state index in [4.69, 9.17) is 10.8 Å². The summed E-state index contributed by atoms with van der Waals surface area (Å²) in [5, 5.41) is 4.78. The maximum atomic E-state index is 5.67. The summed E-state index contributed by atoms with van der Waals surface area (Å²) < 4.78 is 2.11. The molecule has 0 aliphatic heterocycles. The topological polar surface area (TPSA) is 43.8 Å². The lowest BCUT2D eigenvalue weighted by Gasteiger charge is -2.16. The number of hydrogen-bond donors (Lipinski definition) is 1. The third-order valence-corrected chi connectivity index (χ3v) is 3.63. The van der Waals surface area contributed by atoms with Crippen LogP contribution in [-0.2, 0) is 6.42 Å². The minimum Gasteiger partial charge on any atom is -0.330 e. The Hall–Kier alpha value is -1.61. The molecule has 3 heteroatoms. The largest absolute Gasteiger partial charge is 0.330 e. The first-order valence-electron chi connectivity index (χ1n) is 7.31. The van der Waals surface area contributed by atoms with E-state index in [2.05, 4.69) is 57.5 Å². The lowest BCUT2D eigenvalue weighted by Crippen LogP contribution is -2.08. The fourth-order valence-electron chi connectivity index (χ4n) is 2.81. The zero-order valence-electron chi connectivity index (χ0n) is 13.2. The molecule has 2 aromatic rings. The van der Waals surface area contributed by atoms with Crippen LogP contribution in [-0.4, -0.2) is 16.3 Å². The zero-order valence-corrected chi connectivity index (χ0v) is 13.2. The van der Waals surface area contributed by atoms with Crippen molar-refractivity contribution in [1.82, 2.24) is 9.78 Å². The van der Waals surface area contributed by atoms with E-state index in [9.17, 15) is 0 Å². The number of aromatic nitrogens is 2. The van der Waals surface area contributed by atoms with Crippen LogP contribution in [0, 0.1) is 20.8 Å². The summed E-state index contributed by atoms with van der Waals surface area (Å²) in [5.41, 5.74) is 13.0. The maximum absolute atomic E-state index is 5.67. The molecule has 1 aromatic heterocycles. The van der Waals surface area contributed by atoms with Crippen molar-refractivity contribution < 1.29 is 0 Å². The van der Waals surface area contributed by atoms with Crippen molar-refractivity contribution in [3.05, 3.63) is 46.3 Å². The molecular weight excluding hydrogens is 246 g/mol. The molecule has 0 saturated heterocycles. The summed E-state index contributed by atoms with van der Waals surface area (Å²) >= 11 is 0. The average molecular weight is 271 g/mol. The number of hydrogen-bond acceptors (Lipinski definition) is 2. The molecule has 0 aliphatic rings. The number of nitrogens with two attached hydrogens (primary N) is 1. The van der Waals surface area contributed by atoms with Crippen molar-refractivity contribution in [2.24, 2.45) is 5.73 Å². The van der Waals surface area contributed by atoms with Crippen molar-refractivity contribution >= 4 is 0 Å². The SMILES string of the molecule is Cc1cc(C)c(-n2nc(CCN)cc2C(C)C)c(C)c1. The van der Waals surface area contributed by atoms with Crippen LogP contribution in [0.5, 0.6) is 0 Å². The van der Waals surface area contributed by atoms with Gasteiger partial charge in [-0.05, 0) is 50.4 Å². The summed E-state index contributed by atoms with van der Waals surface area (Å²) in [7, 11) is 0. The van der Waals surface area contributed by atoms with Gasteiger partial charge in [0.25, 0.3) is 0 Å². The van der Waals surface area contributed by atoms with Gasteiger partial charge in [0.2, 0.25) is 0 Å². The molecule has 0 spiro atoms. The van der Waals surface area contributed by atoms with Gasteiger partial charge in [-0.15, -0.1) is 0 Å². The van der Waals surface area contributed by atoms with Gasteiger partial charge in [-0.1, -0.05) is 31.5 Å². The van der Waals surface area contributed by atoms with E-state index >= 15 is 0 Å². The molecule has 0 unspecified atom stereocenters. The van der Waals surface area contributed by atoms with Crippen molar-refractivity contribution in [2.75, 3.05) is 6.54 Å². The van der Waals surface area contributed by atoms with E-state index in [1.165, 1.54) is 28.1 Å². The molecule has 3 nitrogen and oxygen atoms in total. The summed E-state index contributed by atoms with van der Waals surface area (Å²) in [4.78, 5) is 0. The Kier molecular flexibility index (Phi) is 4.29. The predicted octanol–water partition coefficient (Wildman–Crippen LogP) is 3.42. The minimum absolute atomic E-state index is 0.439. The van der Waals surface area contributed by atoms with E-state index in [0.717, 1.165) is 12.1 Å². The normalized spacial score (nSPS) is 11.3. The molecule has 2 N–H and O–H groups in total. The molecule has 108 valence electrons. The maximum Gasteiger partial charge on any atom is 0.0707 e. The van der Waals surface area contributed by atoms with Crippen LogP contribution in [0.1, 0.15) is 47.8 Å². The molecular formula is C17H25N3. The lowest BCUT2D eigenvalue weighted by atomic mass is 10.0. The summed E-state index contributed by atoms with van der Waals surface area (Å²) in [5.74, 6) is 0.439. The van der Waals surface area contributed by atoms with Gasteiger partial charge in [-0.25, -0.2) is 4.68 Å². The smallest absolute Gasteiger partial charge is 0.0707 e. The molecule has 0 fully saturated rings. The highest BCUT2D eigenvalue weighted by Crippen LogP contribution is 2.26. The first kappa shape index (κ1) is 14.8. The van der Waals surface area contributed by atoms with E-state index in [0.29, 0.717) is 12.5 Å². The first-order valence-corrected chi connectivity index (χ1v) is 7.31. The van der Waals surface area contributed by atoms with Crippen LogP contribution < -0.4 is 5.73 Å². The predicted molar refractivity (Wildman–Crippen MR) is 84.6 cm³/mol. The lowest BCUT2D eigenvalue weighted by molar-refractivity contribution is 0.720. The second-order valence-electron chi connectivity index (χ2n) is 5.91. The number of rotatable bonds is 4. The number of aryl methyl sites for hydroxylation is 3. The fraction of sp³-hybridized carbons (Fsp3) is 0.471. The van der Waals surface area contributed by atoms with Gasteiger partial charge < -0.3 is 5.73 Å². The monoisotopic (exact) mass is 271 g/mol. The minimum atomic E-state index is 0.439. The molecule has 1 aromatic carbocycles. The van der Waals surface area contributed by atoms with E-state index < -0.39 is 0 Å². The van der Waals surface area contributed by atoms with Crippen molar-refractivity contribution in [3.63, 3.8) is 0 Å². The average Bonchev–Trinajstić information content (AvgIpc) is 2.72. The molecule has 20 heavy (non-hydrogen) atoms. The van der Waals surface area contributed by atoms with Gasteiger partial charge >= 0.3 is 0 Å². The highest BCUT2D eigenvalue weighted by Gasteiger charge is 2.15. The Balaban J connectivity index is 2.62. The number of benzene rings is 1. The first-order chi connectivity index (χ1) is 9.43. The molecule has 0 bridgehead atoms. The van der Waals surface area contributed by atoms with Crippen LogP contribution >= 0.6 is 0 Å². The Morgan fingerprint density at radius 2 is 1.70 bits per heavy atom. The summed E-state index contributed by atoms with van der Waals surface area (Å²) in [6.45, 7) is 11.5. The van der Waals surface area contributed by atoms with Gasteiger partial charge in [0.1, 0.15) is 0 Å². The van der Waals surface area contributed by atoms with Crippen LogP contribution in [0.2, 0.25) is 0 Å². The molecule has 0 aliphatic carbocycles. The fourth-order valence-corrected chi connectivity index (χ4v) is 2.81. The van der Waals surface area contributed by atoms with Crippen molar-refractivity contribution in [1.29, 1.82) is 0 Å². The quantitative estimate of drug-likeness (QED) is 0.926. The number of nitrogens with zero attached hydrogens (tertiary/aromatic N) is 2. The van der Waals surface area contributed by atoms with Gasteiger partial charge in [-0.3, -0.25) is 0 Å². The van der Waals surface area contributed by atoms with Crippen LogP contribution in [0.3, 0.4) is 0 Å². The molecule has 0 amide bonds. The van der Waals surface area contributed by atoms with E-state index in [1.807, 2.05) is 0 Å². The summed E-state index contributed by atoms with van der Waals surface area (Å²) in [6, 6.07) is 6.63. The highest BCUT2D eigenvalue weighted by molar-refractivity contribution is 5.50. The Morgan fingerprint density at radius 3 is 2.20 bits per heavy atom. The highest BCUT2D eigenvalue weighted by atomic mass is 15.3. The van der Waals surface area contributed by atoms with Gasteiger partial charge in [-0.2, -0.15) is 5.10 Å². The zero-order chi connectivity index (χ0) is 14.9. The van der Waals surface area contributed by atoms with Crippen molar-refractivity contribution in [2.45, 2.75) is 47.0 Å². The van der Waals surface area contributed by atoms with Crippen LogP contribution in [0.15, 0.2) is 18.2 Å². The Labute approximate surface area is 121 Å². The van der Waals surface area contributed by atoms with Gasteiger partial charge in [0.15, 0.2) is 0 Å². The molecule has 0 radical (unpaired) electrons. The Morgan fingerprint density at radius 1 is 1.10 bits per heavy atom. The van der Waals surface area contributed by atoms with Gasteiger partial charge in [0.05, 0.1) is 11.4 Å². The molecule has 2 rings (SSSR count). The molecule has 1 heterocycles. The standard InChI is InChI=1S/C17H25N3/c1-11(2)16-10-15(6-7-18)19-20(16)17-13(4)8-12(3)9-14(17)5/h8-11H,6-7,18H2,1-5H3. The van der Waals surface area contributed by atoms with Crippen LogP contribution in [0.25, 0.3) is 5.69 Å². The third kappa shape index (κ3) is 2.78. The summed E-state index contributed by atoms with van der Waals surface area (Å²) in [6.07, 6.45) is 0.830. The Bertz CT molecular complexity index is 586. The third-order valence-electron chi connectivity index (χ3n) is 3.63.